The van der Waals surface area contributed by atoms with Gasteiger partial charge in [-0.1, -0.05) is 120 Å². The molecule has 0 saturated carbocycles. The molecule has 12 nitrogen and oxygen atoms in total. The largest absolute Gasteiger partial charge is 0.513 e. The molecule has 18 rings (SSSR count). The summed E-state index contributed by atoms with van der Waals surface area (Å²) in [7, 11) is 0. The standard InChI is InChI=1S/3C16H9N2O.3C11H8N.3Ir/c1-2-8-17-14(5-1)11-6-7-15-13(10-11)12-4-3-9-18-16(12)19-15;1-2-7-15-11(5-1)12-8-9-14(18-16(12)19-15)13-6-3-4-10-17-13;1-2-7-14-11(5-1)16-15(19-14)9-8-13(18-16)12-6-3-4-10-17-12;3*1-2-6-10(7-3-1)11-8-4-5-9-12-11;;;/h1-5,7-10H;1-8,10H;1-7,9-10H;3*1-6,8-9H;;;/q6*-1;;;. The van der Waals surface area contributed by atoms with Crippen molar-refractivity contribution in [2.24, 2.45) is 0 Å². The number of pyridine rings is 9. The van der Waals surface area contributed by atoms with E-state index >= 15 is 0 Å². The molecule has 471 valence electrons. The monoisotopic (exact) mass is 1780 g/mol. The van der Waals surface area contributed by atoms with E-state index < -0.39 is 0 Å². The fourth-order valence-electron chi connectivity index (χ4n) is 9.81. The van der Waals surface area contributed by atoms with Crippen molar-refractivity contribution in [3.05, 3.63) is 347 Å². The zero-order chi connectivity index (χ0) is 62.6. The summed E-state index contributed by atoms with van der Waals surface area (Å²) in [6, 6.07) is 105. The predicted molar refractivity (Wildman–Crippen MR) is 366 cm³/mol. The van der Waals surface area contributed by atoms with Gasteiger partial charge in [-0.2, -0.15) is 18.2 Å². The van der Waals surface area contributed by atoms with E-state index in [0.29, 0.717) is 17.1 Å². The molecule has 0 N–H and O–H groups in total. The number of furan rings is 3. The summed E-state index contributed by atoms with van der Waals surface area (Å²) in [6.45, 7) is 0. The van der Waals surface area contributed by atoms with Crippen molar-refractivity contribution in [2.75, 3.05) is 0 Å². The van der Waals surface area contributed by atoms with E-state index in [-0.39, 0.29) is 60.3 Å². The van der Waals surface area contributed by atoms with Crippen LogP contribution in [-0.4, -0.2) is 44.9 Å². The first-order chi connectivity index (χ1) is 46.1. The quantitative estimate of drug-likeness (QED) is 0.145. The summed E-state index contributed by atoms with van der Waals surface area (Å²) in [6.07, 6.45) is 12.4. The zero-order valence-corrected chi connectivity index (χ0v) is 57.9. The van der Waals surface area contributed by atoms with E-state index in [0.717, 1.165) is 117 Å². The summed E-state index contributed by atoms with van der Waals surface area (Å²) in [5.41, 5.74) is 16.3. The third kappa shape index (κ3) is 17.0. The Morgan fingerprint density at radius 1 is 0.240 bits per heavy atom. The van der Waals surface area contributed by atoms with Gasteiger partial charge in [0, 0.05) is 114 Å². The minimum Gasteiger partial charge on any atom is -0.513 e. The van der Waals surface area contributed by atoms with Crippen LogP contribution < -0.4 is 0 Å². The van der Waals surface area contributed by atoms with E-state index in [1.165, 1.54) is 0 Å². The van der Waals surface area contributed by atoms with Crippen LogP contribution in [0, 0.1) is 36.4 Å². The van der Waals surface area contributed by atoms with Crippen molar-refractivity contribution in [2.45, 2.75) is 0 Å². The Labute approximate surface area is 594 Å². The van der Waals surface area contributed by atoms with Gasteiger partial charge in [-0.25, -0.2) is 9.97 Å². The van der Waals surface area contributed by atoms with E-state index in [9.17, 15) is 0 Å². The fraction of sp³-hybridized carbons (Fsp3) is 0. The van der Waals surface area contributed by atoms with Crippen LogP contribution in [-0.2, 0) is 60.3 Å². The minimum absolute atomic E-state index is 0. The molecule has 15 heteroatoms. The summed E-state index contributed by atoms with van der Waals surface area (Å²) >= 11 is 0. The zero-order valence-electron chi connectivity index (χ0n) is 50.7. The van der Waals surface area contributed by atoms with Crippen molar-refractivity contribution in [3.63, 3.8) is 0 Å². The smallest absolute Gasteiger partial charge is 0.216 e. The van der Waals surface area contributed by atoms with Gasteiger partial charge < -0.3 is 43.2 Å². The van der Waals surface area contributed by atoms with E-state index in [1.807, 2.05) is 267 Å². The maximum atomic E-state index is 5.76. The van der Waals surface area contributed by atoms with Gasteiger partial charge in [0.25, 0.3) is 0 Å². The summed E-state index contributed by atoms with van der Waals surface area (Å²) in [4.78, 5) is 38.9. The molecule has 0 spiro atoms. The Hall–Kier alpha value is -11.0. The Bertz CT molecular complexity index is 4870. The van der Waals surface area contributed by atoms with Crippen LogP contribution in [0.25, 0.3) is 134 Å². The van der Waals surface area contributed by atoms with Crippen LogP contribution in [0.1, 0.15) is 0 Å². The molecule has 18 aromatic rings. The first-order valence-corrected chi connectivity index (χ1v) is 29.6. The minimum atomic E-state index is 0. The molecule has 12 heterocycles. The number of benzene rings is 6. The second-order valence-corrected chi connectivity index (χ2v) is 20.3. The number of aromatic nitrogens is 9. The average molecular weight is 1780 g/mol. The molecule has 0 amide bonds. The van der Waals surface area contributed by atoms with Gasteiger partial charge in [0.2, 0.25) is 5.71 Å². The molecule has 3 radical (unpaired) electrons. The predicted octanol–water partition coefficient (Wildman–Crippen LogP) is 19.2. The van der Waals surface area contributed by atoms with E-state index in [2.05, 4.69) is 81.3 Å². The first kappa shape index (κ1) is 67.9. The normalized spacial score (nSPS) is 10.2. The number of fused-ring (bicyclic) bond motifs is 9. The molecular weight excluding hydrogens is 1720 g/mol. The third-order valence-corrected chi connectivity index (χ3v) is 14.2. The van der Waals surface area contributed by atoms with Gasteiger partial charge >= 0.3 is 0 Å². The van der Waals surface area contributed by atoms with Crippen LogP contribution in [0.15, 0.2) is 324 Å². The van der Waals surface area contributed by atoms with E-state index in [4.69, 9.17) is 13.3 Å². The molecule has 6 aromatic carbocycles. The second kappa shape index (κ2) is 34.3. The van der Waals surface area contributed by atoms with Crippen molar-refractivity contribution in [1.82, 2.24) is 44.9 Å². The van der Waals surface area contributed by atoms with Crippen LogP contribution in [0.2, 0.25) is 0 Å². The SMILES string of the molecule is [Ir].[Ir].[Ir].[c-]1cc2c(nc1-c1ccccn1)oc1ccccc12.[c-]1cc2oc3ccccc3c2nc1-c1ccccn1.[c-]1cc2oc3ncccc3c2cc1-c1ccccn1.[c-]1ccccc1-c1ccccn1.[c-]1ccccc1-c1ccccn1.[c-]1ccccc1-c1ccccn1. The fourth-order valence-corrected chi connectivity index (χ4v) is 9.81. The van der Waals surface area contributed by atoms with Crippen molar-refractivity contribution in [1.29, 1.82) is 0 Å². The summed E-state index contributed by atoms with van der Waals surface area (Å²) in [5, 5.41) is 5.12. The van der Waals surface area contributed by atoms with Gasteiger partial charge in [0.15, 0.2) is 5.71 Å². The van der Waals surface area contributed by atoms with Gasteiger partial charge in [0.05, 0.1) is 16.7 Å². The summed E-state index contributed by atoms with van der Waals surface area (Å²) in [5.74, 6) is 0. The molecule has 0 aliphatic heterocycles. The molecular formula is C81H51Ir3N9O3-6. The van der Waals surface area contributed by atoms with E-state index in [1.54, 1.807) is 43.4 Å². The molecule has 0 unspecified atom stereocenters. The Balaban J connectivity index is 0.000000126. The van der Waals surface area contributed by atoms with Crippen LogP contribution in [0.3, 0.4) is 0 Å². The van der Waals surface area contributed by atoms with Crippen LogP contribution in [0.5, 0.6) is 0 Å². The van der Waals surface area contributed by atoms with Gasteiger partial charge in [-0.3, -0.25) is 4.98 Å². The Kier molecular flexibility index (Phi) is 24.2. The molecule has 0 atom stereocenters. The number of rotatable bonds is 6. The molecule has 0 aliphatic rings. The molecule has 12 aromatic heterocycles. The molecule has 0 bridgehead atoms. The molecule has 0 saturated heterocycles. The van der Waals surface area contributed by atoms with Gasteiger partial charge in [-0.05, 0) is 112 Å². The average Bonchev–Trinajstić information content (AvgIpc) is 1.83. The maximum Gasteiger partial charge on any atom is 0.216 e. The van der Waals surface area contributed by atoms with Crippen molar-refractivity contribution >= 4 is 66.2 Å². The van der Waals surface area contributed by atoms with Crippen molar-refractivity contribution in [3.8, 4) is 67.8 Å². The molecule has 0 aliphatic carbocycles. The maximum absolute atomic E-state index is 5.76. The first-order valence-electron chi connectivity index (χ1n) is 29.6. The third-order valence-electron chi connectivity index (χ3n) is 14.2. The van der Waals surface area contributed by atoms with Gasteiger partial charge in [0.1, 0.15) is 11.2 Å². The number of hydrogen-bond acceptors (Lipinski definition) is 12. The molecule has 0 fully saturated rings. The van der Waals surface area contributed by atoms with Crippen LogP contribution in [0.4, 0.5) is 0 Å². The molecule has 96 heavy (non-hydrogen) atoms. The van der Waals surface area contributed by atoms with Crippen LogP contribution >= 0.6 is 0 Å². The number of nitrogens with zero attached hydrogens (tertiary/aromatic N) is 9. The topological polar surface area (TPSA) is 155 Å². The summed E-state index contributed by atoms with van der Waals surface area (Å²) < 4.78 is 17.2. The number of para-hydroxylation sites is 2. The van der Waals surface area contributed by atoms with Crippen molar-refractivity contribution < 1.29 is 73.6 Å². The van der Waals surface area contributed by atoms with Gasteiger partial charge in [-0.15, -0.1) is 138 Å². The Morgan fingerprint density at radius 3 is 1.12 bits per heavy atom. The second-order valence-electron chi connectivity index (χ2n) is 20.3. The Morgan fingerprint density at radius 2 is 0.635 bits per heavy atom. The number of hydrogen-bond donors (Lipinski definition) is 0.